The normalized spacial score (nSPS) is 14.6. The van der Waals surface area contributed by atoms with Crippen LogP contribution in [0.4, 0.5) is 11.4 Å². The number of benzene rings is 2. The molecule has 1 aliphatic heterocycles. The van der Waals surface area contributed by atoms with Crippen molar-refractivity contribution in [2.24, 2.45) is 0 Å². The highest BCUT2D eigenvalue weighted by atomic mass is 16.6. The summed E-state index contributed by atoms with van der Waals surface area (Å²) in [6.45, 7) is 4.71. The van der Waals surface area contributed by atoms with E-state index in [1.165, 1.54) is 19.3 Å². The van der Waals surface area contributed by atoms with Gasteiger partial charge in [-0.15, -0.1) is 0 Å². The molecule has 1 fully saturated rings. The third kappa shape index (κ3) is 4.37. The number of nitro groups is 1. The van der Waals surface area contributed by atoms with Gasteiger partial charge in [0, 0.05) is 24.3 Å². The average molecular weight is 382 g/mol. The van der Waals surface area contributed by atoms with Gasteiger partial charge < -0.3 is 14.4 Å². The van der Waals surface area contributed by atoms with Crippen LogP contribution in [-0.2, 0) is 4.74 Å². The molecule has 2 aromatic carbocycles. The summed E-state index contributed by atoms with van der Waals surface area (Å²) in [6, 6.07) is 12.0. The number of allylic oxidation sites excluding steroid dienone is 1. The van der Waals surface area contributed by atoms with Crippen molar-refractivity contribution < 1.29 is 19.2 Å². The summed E-state index contributed by atoms with van der Waals surface area (Å²) in [4.78, 5) is 25.8. The van der Waals surface area contributed by atoms with Gasteiger partial charge in [-0.05, 0) is 55.0 Å². The predicted octanol–water partition coefficient (Wildman–Crippen LogP) is 3.73. The number of ketones is 1. The highest BCUT2D eigenvalue weighted by Gasteiger charge is 2.16. The fraction of sp³-hybridized carbons (Fsp3) is 0.286. The van der Waals surface area contributed by atoms with Crippen molar-refractivity contribution in [1.29, 1.82) is 0 Å². The van der Waals surface area contributed by atoms with Crippen LogP contribution >= 0.6 is 0 Å². The minimum atomic E-state index is -0.483. The van der Waals surface area contributed by atoms with E-state index in [-0.39, 0.29) is 11.5 Å². The Morgan fingerprint density at radius 3 is 2.46 bits per heavy atom. The summed E-state index contributed by atoms with van der Waals surface area (Å²) >= 11 is 0. The number of nitrogens with zero attached hydrogens (tertiary/aromatic N) is 2. The molecular weight excluding hydrogens is 360 g/mol. The van der Waals surface area contributed by atoms with Gasteiger partial charge in [0.25, 0.3) is 5.69 Å². The molecule has 2 aromatic rings. The maximum atomic E-state index is 12.7. The van der Waals surface area contributed by atoms with Crippen LogP contribution in [0.3, 0.4) is 0 Å². The SMILES string of the molecule is COc1ccc(/C=C(\C)C(=O)c2ccc(N3CCOCC3)cc2)c([N+](=O)[O-])c1. The number of ether oxygens (including phenoxy) is 2. The van der Waals surface area contributed by atoms with E-state index in [4.69, 9.17) is 9.47 Å². The Labute approximate surface area is 163 Å². The Balaban J connectivity index is 1.81. The fourth-order valence-electron chi connectivity index (χ4n) is 3.10. The molecule has 0 radical (unpaired) electrons. The smallest absolute Gasteiger partial charge is 0.280 e. The molecule has 0 unspecified atom stereocenters. The van der Waals surface area contributed by atoms with Gasteiger partial charge in [0.05, 0.1) is 36.9 Å². The first-order valence-corrected chi connectivity index (χ1v) is 8.98. The third-order valence-electron chi connectivity index (χ3n) is 4.67. The molecular formula is C21H22N2O5. The average Bonchev–Trinajstić information content (AvgIpc) is 2.74. The number of Topliss-reactive ketones (excluding diaryl/α,β-unsaturated/α-hetero) is 1. The van der Waals surface area contributed by atoms with Crippen molar-refractivity contribution in [3.05, 3.63) is 69.3 Å². The van der Waals surface area contributed by atoms with Crippen LogP contribution in [0.5, 0.6) is 5.75 Å². The molecule has 0 aromatic heterocycles. The van der Waals surface area contributed by atoms with Gasteiger partial charge >= 0.3 is 0 Å². The minimum Gasteiger partial charge on any atom is -0.497 e. The molecule has 0 atom stereocenters. The summed E-state index contributed by atoms with van der Waals surface area (Å²) in [5, 5.41) is 11.3. The predicted molar refractivity (Wildman–Crippen MR) is 107 cm³/mol. The second-order valence-electron chi connectivity index (χ2n) is 6.48. The number of hydrogen-bond acceptors (Lipinski definition) is 6. The van der Waals surface area contributed by atoms with E-state index in [1.807, 2.05) is 12.1 Å². The van der Waals surface area contributed by atoms with Crippen molar-refractivity contribution >= 4 is 23.2 Å². The van der Waals surface area contributed by atoms with E-state index < -0.39 is 4.92 Å². The molecule has 1 aliphatic rings. The molecule has 7 nitrogen and oxygen atoms in total. The van der Waals surface area contributed by atoms with Crippen LogP contribution in [-0.4, -0.2) is 44.1 Å². The second-order valence-corrected chi connectivity index (χ2v) is 6.48. The Morgan fingerprint density at radius 1 is 1.18 bits per heavy atom. The molecule has 28 heavy (non-hydrogen) atoms. The zero-order chi connectivity index (χ0) is 20.1. The van der Waals surface area contributed by atoms with Gasteiger partial charge in [-0.3, -0.25) is 14.9 Å². The van der Waals surface area contributed by atoms with E-state index in [0.717, 1.165) is 18.8 Å². The summed E-state index contributed by atoms with van der Waals surface area (Å²) in [7, 11) is 1.45. The Bertz CT molecular complexity index is 900. The van der Waals surface area contributed by atoms with Crippen LogP contribution in [0.1, 0.15) is 22.8 Å². The highest BCUT2D eigenvalue weighted by molar-refractivity contribution is 6.11. The summed E-state index contributed by atoms with van der Waals surface area (Å²) < 4.78 is 10.4. The molecule has 0 amide bonds. The largest absolute Gasteiger partial charge is 0.497 e. The van der Waals surface area contributed by atoms with Gasteiger partial charge in [-0.25, -0.2) is 0 Å². The third-order valence-corrected chi connectivity index (χ3v) is 4.67. The summed E-state index contributed by atoms with van der Waals surface area (Å²) in [5.74, 6) is 0.227. The minimum absolute atomic E-state index is 0.103. The second kappa shape index (κ2) is 8.67. The van der Waals surface area contributed by atoms with Crippen LogP contribution in [0, 0.1) is 10.1 Å². The van der Waals surface area contributed by atoms with Crippen LogP contribution < -0.4 is 9.64 Å². The molecule has 1 heterocycles. The first kappa shape index (κ1) is 19.6. The van der Waals surface area contributed by atoms with Gasteiger partial charge in [0.1, 0.15) is 5.75 Å². The molecule has 0 bridgehead atoms. The number of rotatable bonds is 6. The van der Waals surface area contributed by atoms with Gasteiger partial charge in [-0.2, -0.15) is 0 Å². The van der Waals surface area contributed by atoms with Gasteiger partial charge in [-0.1, -0.05) is 0 Å². The van der Waals surface area contributed by atoms with Crippen LogP contribution in [0.25, 0.3) is 6.08 Å². The Hall–Kier alpha value is -3.19. The summed E-state index contributed by atoms with van der Waals surface area (Å²) in [6.07, 6.45) is 1.54. The maximum Gasteiger partial charge on any atom is 0.280 e. The topological polar surface area (TPSA) is 81.9 Å². The standard InChI is InChI=1S/C21H22N2O5/c1-15(13-17-5-8-19(27-2)14-20(17)23(25)26)21(24)16-3-6-18(7-4-16)22-9-11-28-12-10-22/h3-8,13-14H,9-12H2,1-2H3/b15-13+. The Morgan fingerprint density at radius 2 is 1.86 bits per heavy atom. The number of carbonyl (C=O) groups excluding carboxylic acids is 1. The number of carbonyl (C=O) groups is 1. The van der Waals surface area contributed by atoms with E-state index in [9.17, 15) is 14.9 Å². The molecule has 146 valence electrons. The van der Waals surface area contributed by atoms with Crippen molar-refractivity contribution in [1.82, 2.24) is 0 Å². The first-order valence-electron chi connectivity index (χ1n) is 8.98. The quantitative estimate of drug-likeness (QED) is 0.328. The van der Waals surface area contributed by atoms with Crippen LogP contribution in [0.15, 0.2) is 48.0 Å². The van der Waals surface area contributed by atoms with E-state index in [2.05, 4.69) is 4.90 Å². The molecule has 7 heteroatoms. The van der Waals surface area contributed by atoms with Crippen molar-refractivity contribution in [3.63, 3.8) is 0 Å². The zero-order valence-corrected chi connectivity index (χ0v) is 15.9. The van der Waals surface area contributed by atoms with Gasteiger partial charge in [0.15, 0.2) is 5.78 Å². The lowest BCUT2D eigenvalue weighted by molar-refractivity contribution is -0.385. The number of anilines is 1. The number of morpholine rings is 1. The monoisotopic (exact) mass is 382 g/mol. The highest BCUT2D eigenvalue weighted by Crippen LogP contribution is 2.27. The summed E-state index contributed by atoms with van der Waals surface area (Å²) in [5.41, 5.74) is 2.28. The van der Waals surface area contributed by atoms with E-state index in [0.29, 0.717) is 35.7 Å². The zero-order valence-electron chi connectivity index (χ0n) is 15.9. The van der Waals surface area contributed by atoms with E-state index in [1.54, 1.807) is 31.2 Å². The molecule has 0 saturated carbocycles. The van der Waals surface area contributed by atoms with Crippen molar-refractivity contribution in [3.8, 4) is 5.75 Å². The Kier molecular flexibility index (Phi) is 6.06. The lowest BCUT2D eigenvalue weighted by Crippen LogP contribution is -2.36. The molecule has 0 N–H and O–H groups in total. The number of methoxy groups -OCH3 is 1. The molecule has 0 aliphatic carbocycles. The number of hydrogen-bond donors (Lipinski definition) is 0. The fourth-order valence-corrected chi connectivity index (χ4v) is 3.10. The molecule has 1 saturated heterocycles. The maximum absolute atomic E-state index is 12.7. The molecule has 0 spiro atoms. The number of nitro benzene ring substituents is 1. The van der Waals surface area contributed by atoms with E-state index >= 15 is 0 Å². The van der Waals surface area contributed by atoms with Crippen molar-refractivity contribution in [2.75, 3.05) is 38.3 Å². The van der Waals surface area contributed by atoms with Crippen LogP contribution in [0.2, 0.25) is 0 Å². The first-order chi connectivity index (χ1) is 13.5. The molecule has 3 rings (SSSR count). The lowest BCUT2D eigenvalue weighted by Gasteiger charge is -2.28. The van der Waals surface area contributed by atoms with Gasteiger partial charge in [0.2, 0.25) is 0 Å². The van der Waals surface area contributed by atoms with Crippen molar-refractivity contribution in [2.45, 2.75) is 6.92 Å². The lowest BCUT2D eigenvalue weighted by atomic mass is 10.0.